The number of fused-ring (bicyclic) bond motifs is 1. The van der Waals surface area contributed by atoms with E-state index in [2.05, 4.69) is 26.2 Å². The van der Waals surface area contributed by atoms with Gasteiger partial charge in [0.15, 0.2) is 0 Å². The number of nitrogens with zero attached hydrogens (tertiary/aromatic N) is 2. The molecule has 5 nitrogen and oxygen atoms in total. The second-order valence-electron chi connectivity index (χ2n) is 4.98. The van der Waals surface area contributed by atoms with E-state index < -0.39 is 11.7 Å². The largest absolute Gasteiger partial charge is 0.496 e. The minimum atomic E-state index is -0.522. The van der Waals surface area contributed by atoms with Crippen LogP contribution >= 0.6 is 15.9 Å². The Hall–Kier alpha value is -2.41. The molecule has 0 aliphatic rings. The van der Waals surface area contributed by atoms with Gasteiger partial charge in [-0.25, -0.2) is 9.37 Å². The Morgan fingerprint density at radius 2 is 2.13 bits per heavy atom. The lowest BCUT2D eigenvalue weighted by Gasteiger charge is -2.11. The molecule has 0 aliphatic heterocycles. The van der Waals surface area contributed by atoms with Crippen molar-refractivity contribution < 1.29 is 13.9 Å². The zero-order valence-corrected chi connectivity index (χ0v) is 14.0. The first-order valence-electron chi connectivity index (χ1n) is 6.77. The topological polar surface area (TPSA) is 55.6 Å². The van der Waals surface area contributed by atoms with Crippen LogP contribution in [0.5, 0.6) is 5.75 Å². The van der Waals surface area contributed by atoms with Gasteiger partial charge in [-0.05, 0) is 25.1 Å². The number of imidazole rings is 1. The first kappa shape index (κ1) is 15.5. The number of aryl methyl sites for hydroxylation is 1. The molecule has 0 fully saturated rings. The van der Waals surface area contributed by atoms with Gasteiger partial charge in [-0.3, -0.25) is 4.79 Å². The lowest BCUT2D eigenvalue weighted by atomic mass is 10.2. The van der Waals surface area contributed by atoms with Crippen LogP contribution in [0.4, 0.5) is 10.1 Å². The van der Waals surface area contributed by atoms with Gasteiger partial charge in [0.25, 0.3) is 5.91 Å². The van der Waals surface area contributed by atoms with Gasteiger partial charge in [0.2, 0.25) is 0 Å². The van der Waals surface area contributed by atoms with E-state index in [4.69, 9.17) is 4.74 Å². The maximum Gasteiger partial charge on any atom is 0.261 e. The predicted octanol–water partition coefficient (Wildman–Crippen LogP) is 3.81. The molecule has 0 bridgehead atoms. The second kappa shape index (κ2) is 6.00. The monoisotopic (exact) mass is 377 g/mol. The lowest BCUT2D eigenvalue weighted by Crippen LogP contribution is -2.15. The number of nitrogens with one attached hydrogen (secondary N) is 1. The van der Waals surface area contributed by atoms with E-state index in [9.17, 15) is 9.18 Å². The molecular formula is C16H13BrFN3O2. The molecule has 0 saturated heterocycles. The Morgan fingerprint density at radius 3 is 2.83 bits per heavy atom. The number of carbonyl (C=O) groups is 1. The van der Waals surface area contributed by atoms with E-state index in [-0.39, 0.29) is 5.69 Å². The summed E-state index contributed by atoms with van der Waals surface area (Å²) in [6.45, 7) is 1.86. The summed E-state index contributed by atoms with van der Waals surface area (Å²) in [6, 6.07) is 6.09. The summed E-state index contributed by atoms with van der Waals surface area (Å²) in [5.41, 5.74) is 1.89. The first-order chi connectivity index (χ1) is 11.0. The van der Waals surface area contributed by atoms with Gasteiger partial charge in [-0.2, -0.15) is 0 Å². The molecule has 0 spiro atoms. The normalized spacial score (nSPS) is 10.8. The Morgan fingerprint density at radius 1 is 1.35 bits per heavy atom. The number of pyridine rings is 1. The van der Waals surface area contributed by atoms with Gasteiger partial charge in [0.1, 0.15) is 17.2 Å². The summed E-state index contributed by atoms with van der Waals surface area (Å²) < 4.78 is 21.5. The fourth-order valence-corrected chi connectivity index (χ4v) is 2.60. The van der Waals surface area contributed by atoms with Gasteiger partial charge in [-0.15, -0.1) is 0 Å². The molecule has 23 heavy (non-hydrogen) atoms. The number of ether oxygens (including phenoxy) is 1. The zero-order chi connectivity index (χ0) is 16.6. The highest BCUT2D eigenvalue weighted by molar-refractivity contribution is 9.10. The van der Waals surface area contributed by atoms with Crippen molar-refractivity contribution in [2.24, 2.45) is 0 Å². The van der Waals surface area contributed by atoms with Crippen LogP contribution in [-0.4, -0.2) is 22.4 Å². The number of halogens is 2. The molecule has 0 unspecified atom stereocenters. The summed E-state index contributed by atoms with van der Waals surface area (Å²) in [6.07, 6.45) is 3.41. The van der Waals surface area contributed by atoms with Gasteiger partial charge >= 0.3 is 0 Å². The van der Waals surface area contributed by atoms with E-state index in [1.807, 2.05) is 6.92 Å². The molecule has 3 aromatic rings. The Kier molecular flexibility index (Phi) is 4.04. The molecule has 7 heteroatoms. The third-order valence-electron chi connectivity index (χ3n) is 3.32. The predicted molar refractivity (Wildman–Crippen MR) is 88.5 cm³/mol. The number of benzene rings is 1. The summed E-state index contributed by atoms with van der Waals surface area (Å²) in [5.74, 6) is -0.610. The van der Waals surface area contributed by atoms with Crippen molar-refractivity contribution in [3.05, 3.63) is 58.2 Å². The third-order valence-corrected chi connectivity index (χ3v) is 3.81. The maximum atomic E-state index is 13.9. The van der Waals surface area contributed by atoms with Gasteiger partial charge in [0.05, 0.1) is 24.1 Å². The summed E-state index contributed by atoms with van der Waals surface area (Å²) in [5, 5.41) is 2.55. The molecule has 0 saturated carbocycles. The molecule has 1 N–H and O–H groups in total. The SMILES string of the molecule is COc1cc2nc(C)cn2cc1C(=O)Nc1ccc(Br)cc1F. The molecule has 1 amide bonds. The van der Waals surface area contributed by atoms with E-state index in [1.165, 1.54) is 19.2 Å². The Labute approximate surface area is 140 Å². The van der Waals surface area contributed by atoms with Crippen LogP contribution in [0, 0.1) is 12.7 Å². The minimum Gasteiger partial charge on any atom is -0.496 e. The standard InChI is InChI=1S/C16H13BrFN3O2/c1-9-7-21-8-11(14(23-2)6-15(21)19-9)16(22)20-13-4-3-10(17)5-12(13)18/h3-8H,1-2H3,(H,20,22). The molecule has 118 valence electrons. The van der Waals surface area contributed by atoms with Crippen LogP contribution in [0.1, 0.15) is 16.1 Å². The van der Waals surface area contributed by atoms with Crippen LogP contribution in [0.2, 0.25) is 0 Å². The van der Waals surface area contributed by atoms with Crippen LogP contribution in [-0.2, 0) is 0 Å². The molecule has 3 rings (SSSR count). The van der Waals surface area contributed by atoms with Crippen LogP contribution in [0.3, 0.4) is 0 Å². The Balaban J connectivity index is 1.99. The van der Waals surface area contributed by atoms with Crippen molar-refractivity contribution in [1.82, 2.24) is 9.38 Å². The third kappa shape index (κ3) is 3.05. The van der Waals surface area contributed by atoms with Gasteiger partial charge in [0, 0.05) is 22.9 Å². The minimum absolute atomic E-state index is 0.0992. The number of carbonyl (C=O) groups excluding carboxylic acids is 1. The van der Waals surface area contributed by atoms with Crippen molar-refractivity contribution >= 4 is 33.2 Å². The summed E-state index contributed by atoms with van der Waals surface area (Å²) >= 11 is 3.18. The highest BCUT2D eigenvalue weighted by Gasteiger charge is 2.16. The smallest absolute Gasteiger partial charge is 0.261 e. The molecule has 2 heterocycles. The quantitative estimate of drug-likeness (QED) is 0.754. The maximum absolute atomic E-state index is 13.9. The number of rotatable bonds is 3. The molecular weight excluding hydrogens is 365 g/mol. The zero-order valence-electron chi connectivity index (χ0n) is 12.4. The van der Waals surface area contributed by atoms with Gasteiger partial charge in [-0.1, -0.05) is 15.9 Å². The number of hydrogen-bond acceptors (Lipinski definition) is 3. The van der Waals surface area contributed by atoms with Crippen LogP contribution in [0.15, 0.2) is 41.1 Å². The number of aromatic nitrogens is 2. The number of methoxy groups -OCH3 is 1. The summed E-state index contributed by atoms with van der Waals surface area (Å²) in [7, 11) is 1.47. The molecule has 0 atom stereocenters. The van der Waals surface area contributed by atoms with E-state index in [1.54, 1.807) is 28.9 Å². The summed E-state index contributed by atoms with van der Waals surface area (Å²) in [4.78, 5) is 16.8. The van der Waals surface area contributed by atoms with Crippen molar-refractivity contribution in [3.8, 4) is 5.75 Å². The Bertz CT molecular complexity index is 908. The van der Waals surface area contributed by atoms with Gasteiger partial charge < -0.3 is 14.5 Å². The average Bonchev–Trinajstić information content (AvgIpc) is 2.87. The van der Waals surface area contributed by atoms with Crippen molar-refractivity contribution in [1.29, 1.82) is 0 Å². The van der Waals surface area contributed by atoms with Crippen molar-refractivity contribution in [3.63, 3.8) is 0 Å². The molecule has 0 aliphatic carbocycles. The fourth-order valence-electron chi connectivity index (χ4n) is 2.26. The van der Waals surface area contributed by atoms with Crippen molar-refractivity contribution in [2.75, 3.05) is 12.4 Å². The van der Waals surface area contributed by atoms with Crippen molar-refractivity contribution in [2.45, 2.75) is 6.92 Å². The van der Waals surface area contributed by atoms with Crippen LogP contribution < -0.4 is 10.1 Å². The average molecular weight is 378 g/mol. The first-order valence-corrected chi connectivity index (χ1v) is 7.57. The highest BCUT2D eigenvalue weighted by Crippen LogP contribution is 2.24. The number of anilines is 1. The van der Waals surface area contributed by atoms with E-state index in [0.29, 0.717) is 21.4 Å². The molecule has 0 radical (unpaired) electrons. The second-order valence-corrected chi connectivity index (χ2v) is 5.90. The molecule has 2 aromatic heterocycles. The number of amides is 1. The van der Waals surface area contributed by atoms with Crippen LogP contribution in [0.25, 0.3) is 5.65 Å². The van der Waals surface area contributed by atoms with E-state index >= 15 is 0 Å². The number of hydrogen-bond donors (Lipinski definition) is 1. The fraction of sp³-hybridized carbons (Fsp3) is 0.125. The lowest BCUT2D eigenvalue weighted by molar-refractivity contribution is 0.102. The van der Waals surface area contributed by atoms with E-state index in [0.717, 1.165) is 5.69 Å². The molecule has 1 aromatic carbocycles. The highest BCUT2D eigenvalue weighted by atomic mass is 79.9.